The predicted molar refractivity (Wildman–Crippen MR) is 77.4 cm³/mol. The number of carbonyl (C=O) groups is 1. The van der Waals surface area contributed by atoms with Crippen molar-refractivity contribution in [2.24, 2.45) is 5.92 Å². The molecule has 4 heteroatoms. The second-order valence-corrected chi connectivity index (χ2v) is 5.44. The normalized spacial score (nSPS) is 23.2. The lowest BCUT2D eigenvalue weighted by molar-refractivity contribution is -0.142. The van der Waals surface area contributed by atoms with Gasteiger partial charge in [0, 0.05) is 24.2 Å². The molecule has 3 rings (SSSR count). The number of aromatic nitrogens is 1. The van der Waals surface area contributed by atoms with Crippen molar-refractivity contribution in [3.8, 4) is 0 Å². The molecule has 2 heterocycles. The van der Waals surface area contributed by atoms with Gasteiger partial charge >= 0.3 is 5.97 Å². The van der Waals surface area contributed by atoms with Crippen LogP contribution in [0.2, 0.25) is 0 Å². The first-order valence-corrected chi connectivity index (χ1v) is 6.96. The third kappa shape index (κ3) is 2.27. The van der Waals surface area contributed by atoms with E-state index in [9.17, 15) is 9.90 Å². The molecule has 2 atom stereocenters. The molecular formula is C16H18N2O2. The van der Waals surface area contributed by atoms with Gasteiger partial charge in [-0.15, -0.1) is 0 Å². The Labute approximate surface area is 118 Å². The first-order chi connectivity index (χ1) is 9.66. The molecule has 1 fully saturated rings. The summed E-state index contributed by atoms with van der Waals surface area (Å²) in [7, 11) is 0. The Morgan fingerprint density at radius 2 is 2.20 bits per heavy atom. The summed E-state index contributed by atoms with van der Waals surface area (Å²) in [5, 5.41) is 10.3. The summed E-state index contributed by atoms with van der Waals surface area (Å²) in [4.78, 5) is 17.9. The number of fused-ring (bicyclic) bond motifs is 1. The molecule has 1 aromatic carbocycles. The number of likely N-dealkylation sites (tertiary alicyclic amines) is 1. The van der Waals surface area contributed by atoms with Crippen LogP contribution in [-0.4, -0.2) is 33.5 Å². The maximum atomic E-state index is 11.2. The van der Waals surface area contributed by atoms with E-state index in [4.69, 9.17) is 0 Å². The molecule has 20 heavy (non-hydrogen) atoms. The third-order valence-corrected chi connectivity index (χ3v) is 4.29. The van der Waals surface area contributed by atoms with Crippen LogP contribution in [0.25, 0.3) is 10.9 Å². The van der Waals surface area contributed by atoms with E-state index >= 15 is 0 Å². The molecule has 1 aliphatic rings. The van der Waals surface area contributed by atoms with Crippen molar-refractivity contribution in [1.82, 2.24) is 9.88 Å². The van der Waals surface area contributed by atoms with Crippen LogP contribution in [0.3, 0.4) is 0 Å². The highest BCUT2D eigenvalue weighted by Crippen LogP contribution is 2.27. The van der Waals surface area contributed by atoms with Gasteiger partial charge in [0.25, 0.3) is 0 Å². The zero-order chi connectivity index (χ0) is 14.1. The number of aliphatic carboxylic acids is 1. The van der Waals surface area contributed by atoms with E-state index in [-0.39, 0.29) is 12.0 Å². The number of pyridine rings is 1. The number of para-hydroxylation sites is 1. The highest BCUT2D eigenvalue weighted by molar-refractivity contribution is 5.81. The summed E-state index contributed by atoms with van der Waals surface area (Å²) < 4.78 is 0. The third-order valence-electron chi connectivity index (χ3n) is 4.29. The first-order valence-electron chi connectivity index (χ1n) is 6.96. The molecule has 2 aromatic rings. The number of rotatable bonds is 3. The molecule has 0 aliphatic carbocycles. The molecule has 4 nitrogen and oxygen atoms in total. The maximum Gasteiger partial charge on any atom is 0.308 e. The summed E-state index contributed by atoms with van der Waals surface area (Å²) in [6.45, 7) is 3.60. The molecular weight excluding hydrogens is 252 g/mol. The van der Waals surface area contributed by atoms with Gasteiger partial charge in [-0.25, -0.2) is 0 Å². The van der Waals surface area contributed by atoms with E-state index in [0.29, 0.717) is 0 Å². The lowest BCUT2D eigenvalue weighted by Gasteiger charge is -2.23. The Balaban J connectivity index is 1.86. The second kappa shape index (κ2) is 5.21. The lowest BCUT2D eigenvalue weighted by Crippen LogP contribution is -2.32. The fourth-order valence-corrected chi connectivity index (χ4v) is 3.07. The van der Waals surface area contributed by atoms with Crippen molar-refractivity contribution in [3.05, 3.63) is 42.1 Å². The van der Waals surface area contributed by atoms with Crippen LogP contribution < -0.4 is 0 Å². The highest BCUT2D eigenvalue weighted by Gasteiger charge is 2.35. The van der Waals surface area contributed by atoms with E-state index in [1.54, 1.807) is 6.20 Å². The molecule has 1 aromatic heterocycles. The Bertz CT molecular complexity index is 636. The largest absolute Gasteiger partial charge is 0.481 e. The van der Waals surface area contributed by atoms with Crippen LogP contribution in [0.4, 0.5) is 0 Å². The predicted octanol–water partition coefficient (Wildman–Crippen LogP) is 2.53. The summed E-state index contributed by atoms with van der Waals surface area (Å²) >= 11 is 0. The fraction of sp³-hybridized carbons (Fsp3) is 0.375. The van der Waals surface area contributed by atoms with E-state index < -0.39 is 5.97 Å². The number of carboxylic acid groups (broad SMARTS) is 1. The average Bonchev–Trinajstić information content (AvgIpc) is 2.81. The lowest BCUT2D eigenvalue weighted by atomic mass is 10.0. The summed E-state index contributed by atoms with van der Waals surface area (Å²) in [5.41, 5.74) is 2.18. The number of hydrogen-bond donors (Lipinski definition) is 1. The van der Waals surface area contributed by atoms with Crippen molar-refractivity contribution < 1.29 is 9.90 Å². The van der Waals surface area contributed by atoms with Crippen LogP contribution in [0, 0.1) is 5.92 Å². The zero-order valence-corrected chi connectivity index (χ0v) is 11.5. The Morgan fingerprint density at radius 1 is 1.40 bits per heavy atom. The second-order valence-electron chi connectivity index (χ2n) is 5.44. The number of benzene rings is 1. The van der Waals surface area contributed by atoms with Crippen LogP contribution in [0.1, 0.15) is 18.9 Å². The molecule has 0 radical (unpaired) electrons. The average molecular weight is 270 g/mol. The molecule has 1 saturated heterocycles. The van der Waals surface area contributed by atoms with Gasteiger partial charge in [-0.3, -0.25) is 14.7 Å². The smallest absolute Gasteiger partial charge is 0.308 e. The maximum absolute atomic E-state index is 11.2. The molecule has 104 valence electrons. The quantitative estimate of drug-likeness (QED) is 0.931. The van der Waals surface area contributed by atoms with Gasteiger partial charge in [0.1, 0.15) is 0 Å². The van der Waals surface area contributed by atoms with Gasteiger partial charge < -0.3 is 5.11 Å². The Kier molecular flexibility index (Phi) is 3.40. The number of carboxylic acids is 1. The van der Waals surface area contributed by atoms with Gasteiger partial charge in [-0.05, 0) is 31.5 Å². The van der Waals surface area contributed by atoms with Crippen LogP contribution in [0.5, 0.6) is 0 Å². The van der Waals surface area contributed by atoms with Crippen molar-refractivity contribution in [2.75, 3.05) is 6.54 Å². The van der Waals surface area contributed by atoms with E-state index in [0.717, 1.165) is 30.4 Å². The minimum Gasteiger partial charge on any atom is -0.481 e. The van der Waals surface area contributed by atoms with Crippen molar-refractivity contribution in [2.45, 2.75) is 25.9 Å². The van der Waals surface area contributed by atoms with Gasteiger partial charge in [-0.1, -0.05) is 24.3 Å². The van der Waals surface area contributed by atoms with Crippen molar-refractivity contribution >= 4 is 16.9 Å². The summed E-state index contributed by atoms with van der Waals surface area (Å²) in [5.74, 6) is -0.936. The highest BCUT2D eigenvalue weighted by atomic mass is 16.4. The van der Waals surface area contributed by atoms with Crippen LogP contribution in [0.15, 0.2) is 36.5 Å². The minimum atomic E-state index is -0.684. The summed E-state index contributed by atoms with van der Waals surface area (Å²) in [6.07, 6.45) is 2.54. The summed E-state index contributed by atoms with van der Waals surface area (Å²) in [6, 6.07) is 10.2. The Hall–Kier alpha value is -1.94. The standard InChI is InChI=1S/C16H18N2O2/c1-11-14(16(19)20)7-9-18(11)10-13-5-2-4-12-6-3-8-17-15(12)13/h2-6,8,11,14H,7,9-10H2,1H3,(H,19,20). The molecule has 0 amide bonds. The van der Waals surface area contributed by atoms with Crippen molar-refractivity contribution in [3.63, 3.8) is 0 Å². The molecule has 0 saturated carbocycles. The minimum absolute atomic E-state index is 0.0754. The monoisotopic (exact) mass is 270 g/mol. The first kappa shape index (κ1) is 13.1. The fourth-order valence-electron chi connectivity index (χ4n) is 3.07. The number of nitrogens with zero attached hydrogens (tertiary/aromatic N) is 2. The molecule has 0 bridgehead atoms. The van der Waals surface area contributed by atoms with Gasteiger partial charge in [0.15, 0.2) is 0 Å². The number of hydrogen-bond acceptors (Lipinski definition) is 3. The van der Waals surface area contributed by atoms with Gasteiger partial charge in [-0.2, -0.15) is 0 Å². The van der Waals surface area contributed by atoms with E-state index in [2.05, 4.69) is 28.1 Å². The molecule has 1 aliphatic heterocycles. The molecule has 1 N–H and O–H groups in total. The van der Waals surface area contributed by atoms with Crippen LogP contribution in [-0.2, 0) is 11.3 Å². The topological polar surface area (TPSA) is 53.4 Å². The van der Waals surface area contributed by atoms with Crippen LogP contribution >= 0.6 is 0 Å². The Morgan fingerprint density at radius 3 is 2.95 bits per heavy atom. The molecule has 0 spiro atoms. The van der Waals surface area contributed by atoms with Gasteiger partial charge in [0.2, 0.25) is 0 Å². The zero-order valence-electron chi connectivity index (χ0n) is 11.5. The van der Waals surface area contributed by atoms with E-state index in [1.165, 1.54) is 5.56 Å². The van der Waals surface area contributed by atoms with Gasteiger partial charge in [0.05, 0.1) is 11.4 Å². The molecule has 2 unspecified atom stereocenters. The van der Waals surface area contributed by atoms with Crippen molar-refractivity contribution in [1.29, 1.82) is 0 Å². The van der Waals surface area contributed by atoms with E-state index in [1.807, 2.05) is 19.1 Å². The SMILES string of the molecule is CC1C(C(=O)O)CCN1Cc1cccc2cccnc12.